The molecule has 158 valence electrons. The molecular weight excluding hydrogens is 414 g/mol. The second-order valence-electron chi connectivity index (χ2n) is 6.90. The van der Waals surface area contributed by atoms with Crippen LogP contribution in [-0.2, 0) is 9.59 Å². The molecule has 1 saturated heterocycles. The van der Waals surface area contributed by atoms with E-state index in [9.17, 15) is 14.7 Å². The highest BCUT2D eigenvalue weighted by molar-refractivity contribution is 7.10. The van der Waals surface area contributed by atoms with Crippen LogP contribution in [0.2, 0.25) is 0 Å². The molecule has 1 unspecified atom stereocenters. The third-order valence-corrected chi connectivity index (χ3v) is 5.98. The molecule has 0 aliphatic carbocycles. The Morgan fingerprint density at radius 1 is 1.00 bits per heavy atom. The summed E-state index contributed by atoms with van der Waals surface area (Å²) < 4.78 is 10.9. The number of aliphatic hydroxyl groups excluding tert-OH is 1. The number of rotatable bonds is 7. The fourth-order valence-electron chi connectivity index (χ4n) is 3.54. The minimum atomic E-state index is -0.691. The maximum Gasteiger partial charge on any atom is 0.295 e. The van der Waals surface area contributed by atoms with Gasteiger partial charge in [-0.3, -0.25) is 9.59 Å². The number of aliphatic hydroxyl groups is 1. The Balaban J connectivity index is 1.60. The predicted molar refractivity (Wildman–Crippen MR) is 118 cm³/mol. The Hall–Kier alpha value is -3.58. The second kappa shape index (κ2) is 9.06. The highest BCUT2D eigenvalue weighted by Gasteiger charge is 2.46. The standard InChI is InChI=1S/C24H21NO5S/c1-29-17-9-11-18(12-10-17)30-14-13-25-21(19-8-5-15-31-19)20(23(27)24(25)28)22(26)16-6-3-2-4-7-16/h2-12,15,21,26H,13-14H2,1H3/b22-20-. The lowest BCUT2D eigenvalue weighted by Crippen LogP contribution is -2.33. The average molecular weight is 436 g/mol. The number of methoxy groups -OCH3 is 1. The van der Waals surface area contributed by atoms with Crippen molar-refractivity contribution in [2.75, 3.05) is 20.3 Å². The van der Waals surface area contributed by atoms with Crippen LogP contribution in [0, 0.1) is 0 Å². The number of carbonyl (C=O) groups excluding carboxylic acids is 2. The molecule has 1 atom stereocenters. The van der Waals surface area contributed by atoms with E-state index >= 15 is 0 Å². The van der Waals surface area contributed by atoms with Crippen molar-refractivity contribution >= 4 is 28.8 Å². The van der Waals surface area contributed by atoms with Gasteiger partial charge in [-0.15, -0.1) is 11.3 Å². The van der Waals surface area contributed by atoms with Crippen LogP contribution in [0.1, 0.15) is 16.5 Å². The topological polar surface area (TPSA) is 76.1 Å². The summed E-state index contributed by atoms with van der Waals surface area (Å²) in [5.41, 5.74) is 0.597. The second-order valence-corrected chi connectivity index (χ2v) is 7.88. The Morgan fingerprint density at radius 2 is 1.71 bits per heavy atom. The van der Waals surface area contributed by atoms with Crippen molar-refractivity contribution in [1.29, 1.82) is 0 Å². The summed E-state index contributed by atoms with van der Waals surface area (Å²) >= 11 is 1.43. The minimum absolute atomic E-state index is 0.100. The average Bonchev–Trinajstić information content (AvgIpc) is 3.42. The first-order valence-electron chi connectivity index (χ1n) is 9.74. The third-order valence-electron chi connectivity index (χ3n) is 5.06. The van der Waals surface area contributed by atoms with Gasteiger partial charge in [0.2, 0.25) is 0 Å². The Morgan fingerprint density at radius 3 is 2.35 bits per heavy atom. The molecule has 1 N–H and O–H groups in total. The molecule has 1 aliphatic rings. The van der Waals surface area contributed by atoms with Crippen molar-refractivity contribution in [3.05, 3.63) is 88.1 Å². The van der Waals surface area contributed by atoms with Gasteiger partial charge in [0.05, 0.1) is 25.3 Å². The van der Waals surface area contributed by atoms with E-state index in [0.29, 0.717) is 11.3 Å². The van der Waals surface area contributed by atoms with Crippen LogP contribution >= 0.6 is 11.3 Å². The monoisotopic (exact) mass is 435 g/mol. The number of ketones is 1. The maximum absolute atomic E-state index is 12.9. The predicted octanol–water partition coefficient (Wildman–Crippen LogP) is 4.26. The molecular formula is C24H21NO5S. The van der Waals surface area contributed by atoms with Crippen molar-refractivity contribution in [3.63, 3.8) is 0 Å². The van der Waals surface area contributed by atoms with Crippen LogP contribution in [0.5, 0.6) is 11.5 Å². The van der Waals surface area contributed by atoms with Crippen molar-refractivity contribution in [2.45, 2.75) is 6.04 Å². The van der Waals surface area contributed by atoms with Gasteiger partial charge in [0, 0.05) is 10.4 Å². The largest absolute Gasteiger partial charge is 0.507 e. The van der Waals surface area contributed by atoms with Crippen molar-refractivity contribution in [2.24, 2.45) is 0 Å². The van der Waals surface area contributed by atoms with Gasteiger partial charge in [0.25, 0.3) is 11.7 Å². The molecule has 0 spiro atoms. The van der Waals surface area contributed by atoms with E-state index in [0.717, 1.165) is 10.6 Å². The number of nitrogens with zero attached hydrogens (tertiary/aromatic N) is 1. The summed E-state index contributed by atoms with van der Waals surface area (Å²) in [4.78, 5) is 28.0. The lowest BCUT2D eigenvalue weighted by atomic mass is 10.00. The Bertz CT molecular complexity index is 1090. The highest BCUT2D eigenvalue weighted by atomic mass is 32.1. The lowest BCUT2D eigenvalue weighted by Gasteiger charge is -2.24. The zero-order chi connectivity index (χ0) is 21.8. The number of amides is 1. The maximum atomic E-state index is 12.9. The number of benzene rings is 2. The van der Waals surface area contributed by atoms with Gasteiger partial charge in [-0.2, -0.15) is 0 Å². The van der Waals surface area contributed by atoms with Crippen LogP contribution < -0.4 is 9.47 Å². The Kier molecular flexibility index (Phi) is 6.04. The van der Waals surface area contributed by atoms with Crippen LogP contribution in [0.25, 0.3) is 5.76 Å². The smallest absolute Gasteiger partial charge is 0.295 e. The van der Waals surface area contributed by atoms with Crippen LogP contribution in [0.4, 0.5) is 0 Å². The number of Topliss-reactive ketones (excluding diaryl/α,β-unsaturated/α-hetero) is 1. The molecule has 1 amide bonds. The van der Waals surface area contributed by atoms with E-state index in [1.807, 2.05) is 23.6 Å². The number of ether oxygens (including phenoxy) is 2. The summed E-state index contributed by atoms with van der Waals surface area (Å²) in [6, 6.07) is 19.0. The molecule has 0 radical (unpaired) electrons. The number of likely N-dealkylation sites (tertiary alicyclic amines) is 1. The van der Waals surface area contributed by atoms with E-state index in [1.165, 1.54) is 16.2 Å². The Labute approximate surface area is 184 Å². The molecule has 2 aromatic carbocycles. The van der Waals surface area contributed by atoms with E-state index < -0.39 is 17.7 Å². The molecule has 3 aromatic rings. The SMILES string of the molecule is COc1ccc(OCCN2C(=O)C(=O)/C(=C(\O)c3ccccc3)C2c2cccs2)cc1. The van der Waals surface area contributed by atoms with Gasteiger partial charge < -0.3 is 19.5 Å². The zero-order valence-electron chi connectivity index (χ0n) is 16.9. The number of hydrogen-bond acceptors (Lipinski definition) is 6. The van der Waals surface area contributed by atoms with Crippen molar-refractivity contribution in [3.8, 4) is 11.5 Å². The van der Waals surface area contributed by atoms with Gasteiger partial charge in [-0.25, -0.2) is 0 Å². The molecule has 6 nitrogen and oxygen atoms in total. The number of thiophene rings is 1. The summed E-state index contributed by atoms with van der Waals surface area (Å²) in [6.45, 7) is 0.400. The normalized spacial score (nSPS) is 17.7. The molecule has 4 rings (SSSR count). The number of hydrogen-bond donors (Lipinski definition) is 1. The van der Waals surface area contributed by atoms with Gasteiger partial charge in [-0.1, -0.05) is 36.4 Å². The van der Waals surface area contributed by atoms with Crippen molar-refractivity contribution in [1.82, 2.24) is 4.90 Å². The molecule has 0 saturated carbocycles. The molecule has 7 heteroatoms. The van der Waals surface area contributed by atoms with Gasteiger partial charge in [-0.05, 0) is 35.7 Å². The van der Waals surface area contributed by atoms with Gasteiger partial charge in [0.15, 0.2) is 0 Å². The summed E-state index contributed by atoms with van der Waals surface area (Å²) in [5.74, 6) is -0.153. The van der Waals surface area contributed by atoms with Crippen molar-refractivity contribution < 1.29 is 24.2 Å². The van der Waals surface area contributed by atoms with E-state index in [1.54, 1.807) is 55.6 Å². The lowest BCUT2D eigenvalue weighted by molar-refractivity contribution is -0.140. The fraction of sp³-hybridized carbons (Fsp3) is 0.167. The van der Waals surface area contributed by atoms with E-state index in [2.05, 4.69) is 0 Å². The molecule has 0 bridgehead atoms. The van der Waals surface area contributed by atoms with Crippen LogP contribution in [0.3, 0.4) is 0 Å². The first kappa shape index (κ1) is 20.7. The fourth-order valence-corrected chi connectivity index (χ4v) is 4.38. The zero-order valence-corrected chi connectivity index (χ0v) is 17.7. The molecule has 31 heavy (non-hydrogen) atoms. The summed E-state index contributed by atoms with van der Waals surface area (Å²) in [5, 5.41) is 12.8. The van der Waals surface area contributed by atoms with Crippen LogP contribution in [-0.4, -0.2) is 42.0 Å². The van der Waals surface area contributed by atoms with Crippen LogP contribution in [0.15, 0.2) is 77.7 Å². The van der Waals surface area contributed by atoms with E-state index in [-0.39, 0.29) is 24.5 Å². The molecule has 1 aromatic heterocycles. The molecule has 1 aliphatic heterocycles. The summed E-state index contributed by atoms with van der Waals surface area (Å²) in [7, 11) is 1.59. The third kappa shape index (κ3) is 4.18. The summed E-state index contributed by atoms with van der Waals surface area (Å²) in [6.07, 6.45) is 0. The molecule has 1 fully saturated rings. The minimum Gasteiger partial charge on any atom is -0.507 e. The van der Waals surface area contributed by atoms with Gasteiger partial charge in [0.1, 0.15) is 23.9 Å². The quantitative estimate of drug-likeness (QED) is 0.341. The number of carbonyl (C=O) groups is 2. The van der Waals surface area contributed by atoms with E-state index in [4.69, 9.17) is 9.47 Å². The highest BCUT2D eigenvalue weighted by Crippen LogP contribution is 2.40. The first-order chi connectivity index (χ1) is 15.1. The molecule has 2 heterocycles. The first-order valence-corrected chi connectivity index (χ1v) is 10.6. The van der Waals surface area contributed by atoms with Gasteiger partial charge >= 0.3 is 0 Å².